The zero-order valence-electron chi connectivity index (χ0n) is 27.7. The summed E-state index contributed by atoms with van der Waals surface area (Å²) in [7, 11) is 0.157. The van der Waals surface area contributed by atoms with Crippen LogP contribution in [0, 0.1) is 17.2 Å². The van der Waals surface area contributed by atoms with Crippen LogP contribution in [0.1, 0.15) is 58.6 Å². The first-order chi connectivity index (χ1) is 22.2. The maximum atomic E-state index is 9.17. The Morgan fingerprint density at radius 2 is 1.60 bits per heavy atom. The predicted octanol–water partition coefficient (Wildman–Crippen LogP) is 6.75. The largest absolute Gasteiger partial charge is 0.497 e. The maximum Gasteiger partial charge on any atom is 0.261 e. The highest BCUT2D eigenvalue weighted by Crippen LogP contribution is 2.69. The van der Waals surface area contributed by atoms with Crippen molar-refractivity contribution in [1.82, 2.24) is 9.99 Å². The van der Waals surface area contributed by atoms with Crippen molar-refractivity contribution in [2.24, 2.45) is 5.92 Å². The second kappa shape index (κ2) is 13.1. The fourth-order valence-corrected chi connectivity index (χ4v) is 9.03. The van der Waals surface area contributed by atoms with E-state index in [0.717, 1.165) is 22.4 Å². The highest BCUT2D eigenvalue weighted by molar-refractivity contribution is 7.44. The third-order valence-corrected chi connectivity index (χ3v) is 11.3. The van der Waals surface area contributed by atoms with Gasteiger partial charge in [-0.2, -0.15) is 5.26 Å². The number of benzene rings is 3. The van der Waals surface area contributed by atoms with E-state index in [1.54, 1.807) is 7.11 Å². The Bertz CT molecular complexity index is 1460. The Kier molecular flexibility index (Phi) is 8.96. The van der Waals surface area contributed by atoms with Crippen LogP contribution in [-0.2, 0) is 24.1 Å². The van der Waals surface area contributed by atoms with Gasteiger partial charge in [-0.1, -0.05) is 72.8 Å². The summed E-state index contributed by atoms with van der Waals surface area (Å²) in [6.07, 6.45) is 0.363. The van der Waals surface area contributed by atoms with Gasteiger partial charge in [-0.25, -0.2) is 4.67 Å². The molecule has 6 rings (SSSR count). The summed E-state index contributed by atoms with van der Waals surface area (Å²) in [5, 5.41) is 13.1. The summed E-state index contributed by atoms with van der Waals surface area (Å²) in [5.41, 5.74) is 1.86. The second-order valence-electron chi connectivity index (χ2n) is 12.6. The summed E-state index contributed by atoms with van der Waals surface area (Å²) in [5.74, 6) is -0.250. The van der Waals surface area contributed by atoms with E-state index < -0.39 is 32.0 Å². The van der Waals surface area contributed by atoms with Crippen LogP contribution in [0.4, 0.5) is 0 Å². The Labute approximate surface area is 270 Å². The van der Waals surface area contributed by atoms with Gasteiger partial charge in [0.1, 0.15) is 5.75 Å². The van der Waals surface area contributed by atoms with E-state index in [-0.39, 0.29) is 37.1 Å². The minimum Gasteiger partial charge on any atom is -0.497 e. The summed E-state index contributed by atoms with van der Waals surface area (Å²) in [6.45, 7) is 8.42. The third kappa shape index (κ3) is 5.70. The van der Waals surface area contributed by atoms with Gasteiger partial charge in [0.05, 0.1) is 57.3 Å². The third-order valence-electron chi connectivity index (χ3n) is 9.17. The van der Waals surface area contributed by atoms with E-state index in [9.17, 15) is 0 Å². The molecule has 3 fully saturated rings. The molecule has 8 nitrogen and oxygen atoms in total. The second-order valence-corrected chi connectivity index (χ2v) is 13.9. The standard InChI is InChI=1S/C36H44N3O5P/c1-26(2)39(27(3)4)45(42-22-12-21-37)44-35-24-34(33(35)32(43-35)23-41-34)25-38-36(28-13-8-6-9-14-28,29-15-10-7-11-16-29)30-17-19-31(40-5)20-18-30/h6-11,13-20,26-27,32-33,38H,12,22-25H2,1-5H3/t32-,33?,34-,35?,45?/m1/s1/i23T/t23-,32+,33?,34+,35?,45?/m0. The fourth-order valence-electron chi connectivity index (χ4n) is 7.27. The average molecular weight is 632 g/mol. The molecule has 45 heavy (non-hydrogen) atoms. The molecule has 2 saturated heterocycles. The number of nitriles is 1. The van der Waals surface area contributed by atoms with Gasteiger partial charge in [0.25, 0.3) is 8.53 Å². The first-order valence-corrected chi connectivity index (χ1v) is 16.9. The van der Waals surface area contributed by atoms with E-state index in [0.29, 0.717) is 13.0 Å². The molecule has 0 amide bonds. The molecule has 3 aromatic rings. The molecule has 0 radical (unpaired) electrons. The molecule has 1 N–H and O–H groups in total. The normalized spacial score (nSPS) is 27.8. The zero-order chi connectivity index (χ0) is 32.5. The Balaban J connectivity index is 1.33. The Morgan fingerprint density at radius 1 is 1.00 bits per heavy atom. The minimum atomic E-state index is -1.52. The summed E-state index contributed by atoms with van der Waals surface area (Å²) < 4.78 is 42.4. The molecule has 2 aliphatic heterocycles. The molecular weight excluding hydrogens is 585 g/mol. The van der Waals surface area contributed by atoms with Crippen molar-refractivity contribution in [3.05, 3.63) is 102 Å². The zero-order valence-corrected chi connectivity index (χ0v) is 27.6. The molecule has 3 unspecified atom stereocenters. The van der Waals surface area contributed by atoms with Gasteiger partial charge in [0.2, 0.25) is 0 Å². The number of hydrogen-bond acceptors (Lipinski definition) is 8. The van der Waals surface area contributed by atoms with E-state index in [4.69, 9.17) is 29.9 Å². The lowest BCUT2D eigenvalue weighted by atomic mass is 9.59. The molecule has 238 valence electrons. The lowest BCUT2D eigenvalue weighted by molar-refractivity contribution is -0.417. The molecule has 2 heterocycles. The van der Waals surface area contributed by atoms with Crippen LogP contribution in [0.15, 0.2) is 84.9 Å². The topological polar surface area (TPSA) is 85.2 Å². The van der Waals surface area contributed by atoms with Gasteiger partial charge in [-0.3, -0.25) is 9.84 Å². The van der Waals surface area contributed by atoms with Crippen molar-refractivity contribution < 1.29 is 24.6 Å². The highest BCUT2D eigenvalue weighted by Gasteiger charge is 2.80. The molecule has 0 spiro atoms. The molecule has 0 aromatic heterocycles. The Hall–Kier alpha value is -2.86. The average Bonchev–Trinajstić information content (AvgIpc) is 3.13. The van der Waals surface area contributed by atoms with Gasteiger partial charge >= 0.3 is 0 Å². The van der Waals surface area contributed by atoms with Crippen LogP contribution in [-0.4, -0.2) is 61.1 Å². The van der Waals surface area contributed by atoms with Crippen LogP contribution >= 0.6 is 8.53 Å². The molecule has 1 saturated carbocycles. The summed E-state index contributed by atoms with van der Waals surface area (Å²) in [4.78, 5) is 0. The molecular formula is C36H44N3O5P. The monoisotopic (exact) mass is 631 g/mol. The molecule has 0 bridgehead atoms. The fraction of sp³-hybridized carbons (Fsp3) is 0.472. The number of methoxy groups -OCH3 is 1. The number of rotatable bonds is 15. The van der Waals surface area contributed by atoms with Gasteiger partial charge in [0.15, 0.2) is 5.79 Å². The van der Waals surface area contributed by atoms with E-state index in [2.05, 4.69) is 104 Å². The van der Waals surface area contributed by atoms with Crippen molar-refractivity contribution in [3.8, 4) is 11.8 Å². The van der Waals surface area contributed by atoms with Crippen LogP contribution in [0.5, 0.6) is 5.75 Å². The SMILES string of the molecule is [3H][C@@H]1O[C@@]2(CNC(c3ccccc3)(c3ccccc3)c3ccc(OC)cc3)CC3(OP(OCCC#N)N(C(C)C)C(C)C)O[C@H]1C32. The number of nitrogens with one attached hydrogen (secondary N) is 1. The first-order valence-electron chi connectivity index (χ1n) is 16.3. The van der Waals surface area contributed by atoms with Crippen molar-refractivity contribution in [1.29, 1.82) is 5.26 Å². The van der Waals surface area contributed by atoms with Crippen LogP contribution in [0.25, 0.3) is 0 Å². The number of nitrogens with zero attached hydrogens (tertiary/aromatic N) is 2. The van der Waals surface area contributed by atoms with Gasteiger partial charge < -0.3 is 18.7 Å². The molecule has 6 atom stereocenters. The lowest BCUT2D eigenvalue weighted by Gasteiger charge is -2.66. The van der Waals surface area contributed by atoms with E-state index >= 15 is 0 Å². The van der Waals surface area contributed by atoms with Crippen molar-refractivity contribution in [2.45, 2.75) is 75.7 Å². The van der Waals surface area contributed by atoms with Gasteiger partial charge in [-0.15, -0.1) is 0 Å². The van der Waals surface area contributed by atoms with Crippen LogP contribution in [0.3, 0.4) is 0 Å². The minimum absolute atomic E-state index is 0.138. The number of ether oxygens (including phenoxy) is 3. The molecule has 3 aromatic carbocycles. The van der Waals surface area contributed by atoms with Crippen molar-refractivity contribution in [3.63, 3.8) is 0 Å². The predicted molar refractivity (Wildman–Crippen MR) is 174 cm³/mol. The maximum absolute atomic E-state index is 9.17. The molecule has 3 aliphatic rings. The van der Waals surface area contributed by atoms with Crippen LogP contribution in [0.2, 0.25) is 0 Å². The van der Waals surface area contributed by atoms with Crippen LogP contribution < -0.4 is 10.1 Å². The quantitative estimate of drug-likeness (QED) is 0.112. The van der Waals surface area contributed by atoms with E-state index in [1.165, 1.54) is 0 Å². The van der Waals surface area contributed by atoms with E-state index in [1.807, 2.05) is 24.3 Å². The van der Waals surface area contributed by atoms with Crippen molar-refractivity contribution in [2.75, 3.05) is 26.8 Å². The number of hydrogen-bond donors (Lipinski definition) is 1. The van der Waals surface area contributed by atoms with Gasteiger partial charge in [-0.05, 0) is 56.5 Å². The first kappa shape index (κ1) is 30.8. The summed E-state index contributed by atoms with van der Waals surface area (Å²) >= 11 is 0. The van der Waals surface area contributed by atoms with Gasteiger partial charge in [0, 0.05) is 25.0 Å². The van der Waals surface area contributed by atoms with Crippen molar-refractivity contribution >= 4 is 8.53 Å². The molecule has 9 heteroatoms. The highest BCUT2D eigenvalue weighted by atomic mass is 31.2. The lowest BCUT2D eigenvalue weighted by Crippen LogP contribution is -2.79. The smallest absolute Gasteiger partial charge is 0.261 e. The summed E-state index contributed by atoms with van der Waals surface area (Å²) in [6, 6.07) is 31.6. The Morgan fingerprint density at radius 3 is 2.16 bits per heavy atom. The molecule has 1 aliphatic carbocycles.